The topological polar surface area (TPSA) is 83.5 Å². The molecule has 0 unspecified atom stereocenters. The van der Waals surface area contributed by atoms with Gasteiger partial charge in [0.05, 0.1) is 5.69 Å². The van der Waals surface area contributed by atoms with Crippen LogP contribution in [0.5, 0.6) is 0 Å². The molecule has 5 nitrogen and oxygen atoms in total. The lowest BCUT2D eigenvalue weighted by atomic mass is 10.0. The maximum atomic E-state index is 12.5. The predicted molar refractivity (Wildman–Crippen MR) is 81.7 cm³/mol. The summed E-state index contributed by atoms with van der Waals surface area (Å²) in [7, 11) is 0. The van der Waals surface area contributed by atoms with Crippen LogP contribution in [0.1, 0.15) is 15.9 Å². The van der Waals surface area contributed by atoms with Crippen LogP contribution in [0.15, 0.2) is 66.7 Å². The third kappa shape index (κ3) is 3.89. The molecule has 2 aromatic carbocycles. The molecule has 0 fully saturated rings. The molecule has 1 amide bonds. The van der Waals surface area contributed by atoms with Crippen molar-refractivity contribution in [2.24, 2.45) is 0 Å². The van der Waals surface area contributed by atoms with Crippen molar-refractivity contribution in [3.05, 3.63) is 77.9 Å². The molecule has 0 saturated heterocycles. The summed E-state index contributed by atoms with van der Waals surface area (Å²) < 4.78 is 0. The lowest BCUT2D eigenvalue weighted by Gasteiger charge is -2.09. The highest BCUT2D eigenvalue weighted by Crippen LogP contribution is 2.19. The van der Waals surface area contributed by atoms with Crippen LogP contribution in [0.2, 0.25) is 0 Å². The van der Waals surface area contributed by atoms with Gasteiger partial charge in [-0.05, 0) is 12.1 Å². The second kappa shape index (κ2) is 6.99. The maximum Gasteiger partial charge on any atom is 0.328 e. The molecule has 2 aromatic rings. The van der Waals surface area contributed by atoms with Crippen LogP contribution in [-0.4, -0.2) is 22.8 Å². The number of carbonyl (C=O) groups excluding carboxylic acids is 2. The van der Waals surface area contributed by atoms with E-state index in [1.807, 2.05) is 0 Å². The minimum Gasteiger partial charge on any atom is -0.478 e. The zero-order chi connectivity index (χ0) is 15.9. The van der Waals surface area contributed by atoms with Crippen LogP contribution in [0.3, 0.4) is 0 Å². The lowest BCUT2D eigenvalue weighted by molar-refractivity contribution is -0.131. The SMILES string of the molecule is O=C(O)/C=C\C(=O)Nc1ccccc1C(=O)c1ccccc1. The molecule has 2 rings (SSSR count). The molecule has 0 aromatic heterocycles. The molecule has 110 valence electrons. The molecule has 0 bridgehead atoms. The minimum atomic E-state index is -1.22. The Hall–Kier alpha value is -3.21. The van der Waals surface area contributed by atoms with E-state index in [1.165, 1.54) is 0 Å². The Balaban J connectivity index is 2.26. The molecule has 0 aliphatic carbocycles. The van der Waals surface area contributed by atoms with Crippen molar-refractivity contribution in [3.8, 4) is 0 Å². The third-order valence-electron chi connectivity index (χ3n) is 2.84. The number of rotatable bonds is 5. The number of anilines is 1. The summed E-state index contributed by atoms with van der Waals surface area (Å²) >= 11 is 0. The fourth-order valence-electron chi connectivity index (χ4n) is 1.86. The number of hydrogen-bond donors (Lipinski definition) is 2. The van der Waals surface area contributed by atoms with Crippen molar-refractivity contribution < 1.29 is 19.5 Å². The van der Waals surface area contributed by atoms with Gasteiger partial charge in [-0.15, -0.1) is 0 Å². The molecule has 2 N–H and O–H groups in total. The number of carboxylic acids is 1. The number of ketones is 1. The van der Waals surface area contributed by atoms with Gasteiger partial charge >= 0.3 is 5.97 Å². The first-order chi connectivity index (χ1) is 10.6. The third-order valence-corrected chi connectivity index (χ3v) is 2.84. The minimum absolute atomic E-state index is 0.223. The highest BCUT2D eigenvalue weighted by atomic mass is 16.4. The number of hydrogen-bond acceptors (Lipinski definition) is 3. The highest BCUT2D eigenvalue weighted by Gasteiger charge is 2.13. The van der Waals surface area contributed by atoms with E-state index in [1.54, 1.807) is 54.6 Å². The van der Waals surface area contributed by atoms with E-state index in [2.05, 4.69) is 5.32 Å². The molecule has 5 heteroatoms. The van der Waals surface area contributed by atoms with Crippen LogP contribution in [0, 0.1) is 0 Å². The summed E-state index contributed by atoms with van der Waals surface area (Å²) in [5.74, 6) is -2.06. The van der Waals surface area contributed by atoms with Gasteiger partial charge in [-0.25, -0.2) is 4.79 Å². The van der Waals surface area contributed by atoms with Crippen molar-refractivity contribution in [2.75, 3.05) is 5.32 Å². The standard InChI is InChI=1S/C17H13NO4/c19-15(10-11-16(20)21)18-14-9-5-4-8-13(14)17(22)12-6-2-1-3-7-12/h1-11H,(H,18,19)(H,20,21)/b11-10-. The summed E-state index contributed by atoms with van der Waals surface area (Å²) in [6.45, 7) is 0. The van der Waals surface area contributed by atoms with Gasteiger partial charge in [-0.1, -0.05) is 42.5 Å². The van der Waals surface area contributed by atoms with Gasteiger partial charge in [0.15, 0.2) is 5.78 Å². The molecule has 0 heterocycles. The van der Waals surface area contributed by atoms with E-state index in [9.17, 15) is 14.4 Å². The Morgan fingerprint density at radius 1 is 0.864 bits per heavy atom. The molecule has 0 radical (unpaired) electrons. The van der Waals surface area contributed by atoms with Gasteiger partial charge in [-0.3, -0.25) is 9.59 Å². The normalized spacial score (nSPS) is 10.4. The van der Waals surface area contributed by atoms with E-state index in [0.717, 1.165) is 12.2 Å². The Bertz CT molecular complexity index is 735. The summed E-state index contributed by atoms with van der Waals surface area (Å²) in [5, 5.41) is 11.0. The zero-order valence-electron chi connectivity index (χ0n) is 11.5. The van der Waals surface area contributed by atoms with Crippen LogP contribution >= 0.6 is 0 Å². The largest absolute Gasteiger partial charge is 0.478 e. The Kier molecular flexibility index (Phi) is 4.82. The molecular formula is C17H13NO4. The van der Waals surface area contributed by atoms with Crippen LogP contribution < -0.4 is 5.32 Å². The highest BCUT2D eigenvalue weighted by molar-refractivity contribution is 6.14. The molecular weight excluding hydrogens is 282 g/mol. The fourth-order valence-corrected chi connectivity index (χ4v) is 1.86. The number of carbonyl (C=O) groups is 3. The van der Waals surface area contributed by atoms with Crippen LogP contribution in [0.25, 0.3) is 0 Å². The van der Waals surface area contributed by atoms with Gasteiger partial charge in [0.2, 0.25) is 5.91 Å². The first-order valence-electron chi connectivity index (χ1n) is 6.48. The number of para-hydroxylation sites is 1. The monoisotopic (exact) mass is 295 g/mol. The smallest absolute Gasteiger partial charge is 0.328 e. The van der Waals surface area contributed by atoms with E-state index in [-0.39, 0.29) is 5.78 Å². The van der Waals surface area contributed by atoms with Gasteiger partial charge in [0.25, 0.3) is 0 Å². The Morgan fingerprint density at radius 2 is 1.50 bits per heavy atom. The molecule has 0 aliphatic rings. The van der Waals surface area contributed by atoms with E-state index < -0.39 is 11.9 Å². The van der Waals surface area contributed by atoms with Crippen molar-refractivity contribution in [1.29, 1.82) is 0 Å². The summed E-state index contributed by atoms with van der Waals surface area (Å²) in [4.78, 5) is 34.5. The number of carboxylic acid groups (broad SMARTS) is 1. The molecule has 0 atom stereocenters. The number of benzene rings is 2. The van der Waals surface area contributed by atoms with E-state index in [4.69, 9.17) is 5.11 Å². The fraction of sp³-hybridized carbons (Fsp3) is 0. The quantitative estimate of drug-likeness (QED) is 0.655. The number of amides is 1. The zero-order valence-corrected chi connectivity index (χ0v) is 11.5. The number of nitrogens with one attached hydrogen (secondary N) is 1. The van der Waals surface area contributed by atoms with Crippen molar-refractivity contribution in [3.63, 3.8) is 0 Å². The maximum absolute atomic E-state index is 12.5. The second-order valence-electron chi connectivity index (χ2n) is 4.40. The van der Waals surface area contributed by atoms with Gasteiger partial charge in [0.1, 0.15) is 0 Å². The van der Waals surface area contributed by atoms with Crippen LogP contribution in [0.4, 0.5) is 5.69 Å². The van der Waals surface area contributed by atoms with E-state index >= 15 is 0 Å². The Labute approximate surface area is 126 Å². The van der Waals surface area contributed by atoms with E-state index in [0.29, 0.717) is 16.8 Å². The molecule has 0 spiro atoms. The lowest BCUT2D eigenvalue weighted by Crippen LogP contribution is -2.13. The van der Waals surface area contributed by atoms with Gasteiger partial charge in [0, 0.05) is 23.3 Å². The summed E-state index contributed by atoms with van der Waals surface area (Å²) in [6, 6.07) is 15.2. The second-order valence-corrected chi connectivity index (χ2v) is 4.40. The van der Waals surface area contributed by atoms with Gasteiger partial charge in [-0.2, -0.15) is 0 Å². The Morgan fingerprint density at radius 3 is 2.18 bits per heavy atom. The molecule has 22 heavy (non-hydrogen) atoms. The van der Waals surface area contributed by atoms with Crippen molar-refractivity contribution >= 4 is 23.3 Å². The molecule has 0 saturated carbocycles. The first-order valence-corrected chi connectivity index (χ1v) is 6.48. The predicted octanol–water partition coefficient (Wildman–Crippen LogP) is 2.50. The average Bonchev–Trinajstić information content (AvgIpc) is 2.53. The van der Waals surface area contributed by atoms with Gasteiger partial charge < -0.3 is 10.4 Å². The van der Waals surface area contributed by atoms with Crippen molar-refractivity contribution in [1.82, 2.24) is 0 Å². The summed E-state index contributed by atoms with van der Waals surface area (Å²) in [5.41, 5.74) is 1.17. The number of aliphatic carboxylic acids is 1. The average molecular weight is 295 g/mol. The van der Waals surface area contributed by atoms with Crippen LogP contribution in [-0.2, 0) is 9.59 Å². The summed E-state index contributed by atoms with van der Waals surface area (Å²) in [6.07, 6.45) is 1.63. The molecule has 0 aliphatic heterocycles. The first kappa shape index (κ1) is 15.2. The van der Waals surface area contributed by atoms with Crippen molar-refractivity contribution in [2.45, 2.75) is 0 Å².